The number of nitrogens with one attached hydrogen (secondary N) is 1. The fraction of sp³-hybridized carbons (Fsp3) is 0.278. The number of nitriles is 1. The Bertz CT molecular complexity index is 2100. The van der Waals surface area contributed by atoms with E-state index in [2.05, 4.69) is 21.5 Å². The van der Waals surface area contributed by atoms with Crippen molar-refractivity contribution in [2.75, 3.05) is 25.5 Å². The molecule has 270 valence electrons. The summed E-state index contributed by atoms with van der Waals surface area (Å²) in [5.41, 5.74) is -0.0793. The van der Waals surface area contributed by atoms with E-state index in [4.69, 9.17) is 14.7 Å². The first-order valence-corrected chi connectivity index (χ1v) is 16.8. The third-order valence-corrected chi connectivity index (χ3v) is 9.42. The molecule has 5 rings (SSSR count). The molecule has 16 heteroatoms. The SMILES string of the molecule is CNCC(=O)OCc1cc(F)ccc1N(C)C(=O)OC(C)[n+]1cnn(C[C@](O)(c2cc(F)ccc2F)[C@@H](C)c2nc(-c3ccc(C#N)cc3)cs2)c1. The summed E-state index contributed by atoms with van der Waals surface area (Å²) in [6.07, 6.45) is 0.992. The molecule has 0 saturated carbocycles. The fourth-order valence-corrected chi connectivity index (χ4v) is 6.39. The summed E-state index contributed by atoms with van der Waals surface area (Å²) in [5, 5.41) is 30.5. The van der Waals surface area contributed by atoms with Gasteiger partial charge in [0.1, 0.15) is 36.2 Å². The molecule has 0 aliphatic rings. The van der Waals surface area contributed by atoms with Crippen LogP contribution in [0.3, 0.4) is 0 Å². The summed E-state index contributed by atoms with van der Waals surface area (Å²) in [6.45, 7) is 2.52. The number of hydrogen-bond acceptors (Lipinski definition) is 10. The van der Waals surface area contributed by atoms with Crippen LogP contribution in [0.15, 0.2) is 78.7 Å². The number of thiazole rings is 1. The molecule has 1 unspecified atom stereocenters. The van der Waals surface area contributed by atoms with E-state index in [1.807, 2.05) is 0 Å². The monoisotopic (exact) mass is 734 g/mol. The molecular weight excluding hydrogens is 700 g/mol. The summed E-state index contributed by atoms with van der Waals surface area (Å²) >= 11 is 1.23. The zero-order chi connectivity index (χ0) is 37.6. The van der Waals surface area contributed by atoms with E-state index in [9.17, 15) is 23.5 Å². The molecular formula is C36H35F3N7O5S+. The Morgan fingerprint density at radius 2 is 1.83 bits per heavy atom. The molecule has 5 aromatic rings. The topological polar surface area (TPSA) is 146 Å². The first kappa shape index (κ1) is 37.6. The quantitative estimate of drug-likeness (QED) is 0.121. The Labute approximate surface area is 301 Å². The highest BCUT2D eigenvalue weighted by Gasteiger charge is 2.43. The van der Waals surface area contributed by atoms with Crippen molar-refractivity contribution in [2.45, 2.75) is 44.7 Å². The van der Waals surface area contributed by atoms with Crippen LogP contribution in [0.2, 0.25) is 0 Å². The Balaban J connectivity index is 1.36. The second kappa shape index (κ2) is 16.1. The highest BCUT2D eigenvalue weighted by molar-refractivity contribution is 7.10. The van der Waals surface area contributed by atoms with E-state index in [0.717, 1.165) is 40.8 Å². The normalized spacial score (nSPS) is 13.4. The standard InChI is InChI=1S/C36H35F3N7O5S/c1-22(34-43-31(18-52-34)25-7-5-24(15-40)6-8-25)36(49,29-14-28(38)9-11-30(29)39)19-46-21-45(20-42-46)23(2)51-35(48)44(4)32-12-10-27(37)13-26(32)17-50-33(47)16-41-3/h5-14,18,20-23,41,49H,16-17,19H2,1-4H3/q+1/t22-,23?,36+/m0/s1. The summed E-state index contributed by atoms with van der Waals surface area (Å²) < 4.78 is 57.4. The molecule has 0 bridgehead atoms. The Hall–Kier alpha value is -5.63. The van der Waals surface area contributed by atoms with Gasteiger partial charge in [0.05, 0.1) is 34.6 Å². The molecule has 2 heterocycles. The van der Waals surface area contributed by atoms with Gasteiger partial charge in [-0.25, -0.2) is 22.9 Å². The number of halogens is 3. The number of aromatic nitrogens is 4. The molecule has 2 N–H and O–H groups in total. The van der Waals surface area contributed by atoms with Crippen molar-refractivity contribution in [2.24, 2.45) is 0 Å². The van der Waals surface area contributed by atoms with Gasteiger partial charge in [-0.2, -0.15) is 9.83 Å². The number of ether oxygens (including phenoxy) is 2. The van der Waals surface area contributed by atoms with Crippen molar-refractivity contribution in [3.05, 3.63) is 118 Å². The predicted octanol–water partition coefficient (Wildman–Crippen LogP) is 5.33. The molecule has 12 nitrogen and oxygen atoms in total. The Morgan fingerprint density at radius 3 is 2.54 bits per heavy atom. The molecule has 0 fully saturated rings. The van der Waals surface area contributed by atoms with Gasteiger partial charge < -0.3 is 19.9 Å². The number of amides is 1. The fourth-order valence-electron chi connectivity index (χ4n) is 5.41. The van der Waals surface area contributed by atoms with E-state index >= 15 is 4.39 Å². The van der Waals surface area contributed by atoms with Gasteiger partial charge in [-0.1, -0.05) is 19.1 Å². The van der Waals surface area contributed by atoms with Gasteiger partial charge in [-0.05, 0) is 55.6 Å². The lowest BCUT2D eigenvalue weighted by Crippen LogP contribution is -2.42. The zero-order valence-corrected chi connectivity index (χ0v) is 29.4. The minimum Gasteiger partial charge on any atom is -0.460 e. The van der Waals surface area contributed by atoms with E-state index < -0.39 is 47.3 Å². The predicted molar refractivity (Wildman–Crippen MR) is 183 cm³/mol. The van der Waals surface area contributed by atoms with Crippen LogP contribution >= 0.6 is 11.3 Å². The summed E-state index contributed by atoms with van der Waals surface area (Å²) in [4.78, 5) is 30.9. The van der Waals surface area contributed by atoms with Crippen molar-refractivity contribution in [1.82, 2.24) is 20.1 Å². The van der Waals surface area contributed by atoms with Crippen molar-refractivity contribution in [3.8, 4) is 17.3 Å². The summed E-state index contributed by atoms with van der Waals surface area (Å²) in [5.74, 6) is -3.60. The zero-order valence-electron chi connectivity index (χ0n) is 28.6. The largest absolute Gasteiger partial charge is 0.460 e. The molecule has 52 heavy (non-hydrogen) atoms. The number of aliphatic hydroxyl groups is 1. The van der Waals surface area contributed by atoms with Crippen LogP contribution in [0.4, 0.5) is 23.7 Å². The van der Waals surface area contributed by atoms with Crippen LogP contribution in [0, 0.1) is 28.8 Å². The van der Waals surface area contributed by atoms with E-state index in [1.54, 1.807) is 50.5 Å². The first-order chi connectivity index (χ1) is 24.8. The number of esters is 1. The summed E-state index contributed by atoms with van der Waals surface area (Å²) in [7, 11) is 2.99. The van der Waals surface area contributed by atoms with Crippen molar-refractivity contribution >= 4 is 29.1 Å². The third kappa shape index (κ3) is 8.45. The van der Waals surface area contributed by atoms with E-state index in [0.29, 0.717) is 16.3 Å². The molecule has 0 aliphatic heterocycles. The Morgan fingerprint density at radius 1 is 1.12 bits per heavy atom. The van der Waals surface area contributed by atoms with E-state index in [1.165, 1.54) is 46.4 Å². The number of likely N-dealkylation sites (N-methyl/N-ethyl adjacent to an activating group) is 1. The third-order valence-electron chi connectivity index (χ3n) is 8.39. The molecule has 0 aliphatic carbocycles. The van der Waals surface area contributed by atoms with Crippen molar-refractivity contribution in [3.63, 3.8) is 0 Å². The number of nitrogens with zero attached hydrogens (tertiary/aromatic N) is 6. The van der Waals surface area contributed by atoms with Gasteiger partial charge >= 0.3 is 12.1 Å². The smallest absolute Gasteiger partial charge is 0.416 e. The number of carbonyl (C=O) groups excluding carboxylic acids is 2. The average molecular weight is 735 g/mol. The van der Waals surface area contributed by atoms with Crippen molar-refractivity contribution < 1.29 is 41.9 Å². The van der Waals surface area contributed by atoms with Gasteiger partial charge in [0, 0.05) is 47.1 Å². The number of benzene rings is 3. The second-order valence-corrected chi connectivity index (χ2v) is 12.8. The lowest BCUT2D eigenvalue weighted by molar-refractivity contribution is -0.753. The maximum Gasteiger partial charge on any atom is 0.416 e. The second-order valence-electron chi connectivity index (χ2n) is 11.9. The minimum atomic E-state index is -2.06. The van der Waals surface area contributed by atoms with Crippen LogP contribution in [0.5, 0.6) is 0 Å². The molecule has 0 spiro atoms. The number of carbonyl (C=O) groups is 2. The van der Waals surface area contributed by atoms with Crippen LogP contribution in [-0.2, 0) is 33.0 Å². The van der Waals surface area contributed by atoms with Crippen LogP contribution in [0.1, 0.15) is 47.7 Å². The molecule has 2 aromatic heterocycles. The number of hydrogen-bond donors (Lipinski definition) is 2. The lowest BCUT2D eigenvalue weighted by atomic mass is 9.82. The van der Waals surface area contributed by atoms with Crippen LogP contribution in [0.25, 0.3) is 11.3 Å². The molecule has 0 radical (unpaired) electrons. The van der Waals surface area contributed by atoms with Gasteiger partial charge in [-0.3, -0.25) is 9.69 Å². The molecule has 3 atom stereocenters. The number of anilines is 1. The van der Waals surface area contributed by atoms with Gasteiger partial charge in [0.15, 0.2) is 0 Å². The molecule has 1 amide bonds. The lowest BCUT2D eigenvalue weighted by Gasteiger charge is -2.32. The van der Waals surface area contributed by atoms with Gasteiger partial charge in [0.2, 0.25) is 12.6 Å². The van der Waals surface area contributed by atoms with Crippen molar-refractivity contribution in [1.29, 1.82) is 5.26 Å². The maximum absolute atomic E-state index is 15.3. The summed E-state index contributed by atoms with van der Waals surface area (Å²) in [6, 6.07) is 15.4. The Kier molecular flexibility index (Phi) is 11.7. The first-order valence-electron chi connectivity index (χ1n) is 15.9. The van der Waals surface area contributed by atoms with Gasteiger partial charge in [-0.15, -0.1) is 16.0 Å². The maximum atomic E-state index is 15.3. The van der Waals surface area contributed by atoms with Crippen LogP contribution in [-0.4, -0.2) is 52.6 Å². The van der Waals surface area contributed by atoms with Crippen LogP contribution < -0.4 is 14.8 Å². The average Bonchev–Trinajstić information content (AvgIpc) is 3.82. The molecule has 0 saturated heterocycles. The van der Waals surface area contributed by atoms with E-state index in [-0.39, 0.29) is 36.5 Å². The molecule has 3 aromatic carbocycles. The highest BCUT2D eigenvalue weighted by Crippen LogP contribution is 2.41. The highest BCUT2D eigenvalue weighted by atomic mass is 32.1. The van der Waals surface area contributed by atoms with Gasteiger partial charge in [0.25, 0.3) is 6.33 Å². The number of rotatable bonds is 13. The minimum absolute atomic E-state index is 0.0514.